The lowest BCUT2D eigenvalue weighted by Gasteiger charge is -2.39. The first-order valence-electron chi connectivity index (χ1n) is 12.7. The predicted octanol–water partition coefficient (Wildman–Crippen LogP) is 7.99. The van der Waals surface area contributed by atoms with Gasteiger partial charge in [-0.05, 0) is 96.7 Å². The van der Waals surface area contributed by atoms with Crippen LogP contribution in [0.15, 0.2) is 66.7 Å². The van der Waals surface area contributed by atoms with E-state index in [9.17, 15) is 4.79 Å². The van der Waals surface area contributed by atoms with Gasteiger partial charge in [-0.25, -0.2) is 0 Å². The highest BCUT2D eigenvalue weighted by Crippen LogP contribution is 2.51. The van der Waals surface area contributed by atoms with Crippen LogP contribution in [0.1, 0.15) is 82.9 Å². The molecule has 0 bridgehead atoms. The van der Waals surface area contributed by atoms with Gasteiger partial charge in [-0.2, -0.15) is 0 Å². The molecule has 180 valence electrons. The number of amides is 1. The zero-order valence-corrected chi connectivity index (χ0v) is 21.7. The summed E-state index contributed by atoms with van der Waals surface area (Å²) in [5.74, 6) is 0.745. The molecule has 1 aliphatic heterocycles. The van der Waals surface area contributed by atoms with Crippen LogP contribution in [0, 0.1) is 26.7 Å². The van der Waals surface area contributed by atoms with Crippen molar-refractivity contribution in [1.29, 1.82) is 0 Å². The molecule has 3 heteroatoms. The molecule has 2 N–H and O–H groups in total. The third kappa shape index (κ3) is 4.40. The van der Waals surface area contributed by atoms with Crippen LogP contribution in [-0.4, -0.2) is 5.91 Å². The van der Waals surface area contributed by atoms with Gasteiger partial charge >= 0.3 is 0 Å². The van der Waals surface area contributed by atoms with Crippen LogP contribution in [0.4, 0.5) is 11.4 Å². The summed E-state index contributed by atoms with van der Waals surface area (Å²) >= 11 is 0. The Morgan fingerprint density at radius 2 is 1.63 bits per heavy atom. The Morgan fingerprint density at radius 1 is 0.943 bits per heavy atom. The van der Waals surface area contributed by atoms with Crippen LogP contribution in [-0.2, 0) is 5.41 Å². The molecule has 0 saturated carbocycles. The Labute approximate surface area is 209 Å². The molecule has 0 spiro atoms. The highest BCUT2D eigenvalue weighted by molar-refractivity contribution is 6.04. The molecule has 0 fully saturated rings. The van der Waals surface area contributed by atoms with Crippen molar-refractivity contribution in [1.82, 2.24) is 0 Å². The van der Waals surface area contributed by atoms with Crippen molar-refractivity contribution in [3.8, 4) is 0 Å². The number of hydrogen-bond donors (Lipinski definition) is 2. The van der Waals surface area contributed by atoms with Crippen molar-refractivity contribution in [2.75, 3.05) is 10.6 Å². The van der Waals surface area contributed by atoms with Crippen LogP contribution < -0.4 is 10.6 Å². The smallest absolute Gasteiger partial charge is 0.255 e. The second-order valence-electron chi connectivity index (χ2n) is 11.4. The maximum atomic E-state index is 13.0. The van der Waals surface area contributed by atoms with E-state index in [1.54, 1.807) is 0 Å². The Bertz CT molecular complexity index is 1290. The van der Waals surface area contributed by atoms with Crippen LogP contribution in [0.3, 0.4) is 0 Å². The molecule has 1 heterocycles. The van der Waals surface area contributed by atoms with E-state index in [4.69, 9.17) is 0 Å². The van der Waals surface area contributed by atoms with E-state index in [0.717, 1.165) is 17.8 Å². The second kappa shape index (κ2) is 8.71. The topological polar surface area (TPSA) is 41.1 Å². The SMILES string of the molecule is Cc1cc(C)c(C2Nc3ccc(NC(=O)c4ccc(C(C)(C)C)cc4)cc3C3C=CCC32)c(C)c1. The summed E-state index contributed by atoms with van der Waals surface area (Å²) in [5, 5.41) is 6.99. The lowest BCUT2D eigenvalue weighted by atomic mass is 9.75. The highest BCUT2D eigenvalue weighted by atomic mass is 16.1. The number of benzene rings is 3. The number of hydrogen-bond acceptors (Lipinski definition) is 2. The molecular weight excluding hydrogens is 428 g/mol. The van der Waals surface area contributed by atoms with E-state index in [1.807, 2.05) is 18.2 Å². The average Bonchev–Trinajstić information content (AvgIpc) is 3.29. The fraction of sp³-hybridized carbons (Fsp3) is 0.344. The third-order valence-electron chi connectivity index (χ3n) is 7.68. The van der Waals surface area contributed by atoms with E-state index in [2.05, 4.69) is 101 Å². The Kier molecular flexibility index (Phi) is 5.83. The first-order valence-corrected chi connectivity index (χ1v) is 12.7. The van der Waals surface area contributed by atoms with Crippen LogP contribution >= 0.6 is 0 Å². The van der Waals surface area contributed by atoms with E-state index >= 15 is 0 Å². The molecule has 1 aliphatic carbocycles. The van der Waals surface area contributed by atoms with Gasteiger partial charge in [0.1, 0.15) is 0 Å². The minimum atomic E-state index is -0.0727. The minimum absolute atomic E-state index is 0.0688. The zero-order chi connectivity index (χ0) is 24.9. The molecule has 3 aromatic carbocycles. The number of nitrogens with one attached hydrogen (secondary N) is 2. The second-order valence-corrected chi connectivity index (χ2v) is 11.4. The summed E-state index contributed by atoms with van der Waals surface area (Å²) in [6.07, 6.45) is 5.73. The molecule has 3 unspecified atom stereocenters. The first-order chi connectivity index (χ1) is 16.6. The molecule has 2 aliphatic rings. The van der Waals surface area contributed by atoms with Gasteiger partial charge in [0.2, 0.25) is 0 Å². The molecule has 1 amide bonds. The van der Waals surface area contributed by atoms with Gasteiger partial charge in [-0.1, -0.05) is 62.8 Å². The van der Waals surface area contributed by atoms with Gasteiger partial charge in [0.15, 0.2) is 0 Å². The quantitative estimate of drug-likeness (QED) is 0.386. The summed E-state index contributed by atoms with van der Waals surface area (Å²) in [6.45, 7) is 13.2. The van der Waals surface area contributed by atoms with E-state index in [-0.39, 0.29) is 17.4 Å². The zero-order valence-electron chi connectivity index (χ0n) is 21.7. The molecule has 0 radical (unpaired) electrons. The van der Waals surface area contributed by atoms with Gasteiger partial charge < -0.3 is 10.6 Å². The summed E-state index contributed by atoms with van der Waals surface area (Å²) in [5.41, 5.74) is 10.7. The molecule has 3 nitrogen and oxygen atoms in total. The molecule has 0 saturated heterocycles. The van der Waals surface area contributed by atoms with Crippen molar-refractivity contribution in [2.24, 2.45) is 5.92 Å². The van der Waals surface area contributed by atoms with Gasteiger partial charge in [0, 0.05) is 22.9 Å². The predicted molar refractivity (Wildman–Crippen MR) is 147 cm³/mol. The molecule has 5 rings (SSSR count). The summed E-state index contributed by atoms with van der Waals surface area (Å²) in [7, 11) is 0. The number of fused-ring (bicyclic) bond motifs is 3. The van der Waals surface area contributed by atoms with Crippen LogP contribution in [0.25, 0.3) is 0 Å². The van der Waals surface area contributed by atoms with Crippen molar-refractivity contribution < 1.29 is 4.79 Å². The minimum Gasteiger partial charge on any atom is -0.378 e. The van der Waals surface area contributed by atoms with E-state index in [0.29, 0.717) is 17.4 Å². The number of allylic oxidation sites excluding steroid dienone is 2. The Morgan fingerprint density at radius 3 is 2.29 bits per heavy atom. The summed E-state index contributed by atoms with van der Waals surface area (Å²) in [4.78, 5) is 13.0. The fourth-order valence-corrected chi connectivity index (χ4v) is 5.96. The Balaban J connectivity index is 1.41. The lowest BCUT2D eigenvalue weighted by molar-refractivity contribution is 0.102. The van der Waals surface area contributed by atoms with Crippen molar-refractivity contribution >= 4 is 17.3 Å². The molecule has 3 aromatic rings. The van der Waals surface area contributed by atoms with Crippen molar-refractivity contribution in [2.45, 2.75) is 65.3 Å². The van der Waals surface area contributed by atoms with Gasteiger partial charge in [-0.15, -0.1) is 0 Å². The molecular formula is C32H36N2O. The first kappa shape index (κ1) is 23.4. The molecule has 35 heavy (non-hydrogen) atoms. The fourth-order valence-electron chi connectivity index (χ4n) is 5.96. The number of rotatable bonds is 3. The monoisotopic (exact) mass is 464 g/mol. The largest absolute Gasteiger partial charge is 0.378 e. The number of carbonyl (C=O) groups excluding carboxylic acids is 1. The van der Waals surface area contributed by atoms with Gasteiger partial charge in [0.05, 0.1) is 6.04 Å². The van der Waals surface area contributed by atoms with Crippen LogP contribution in [0.5, 0.6) is 0 Å². The van der Waals surface area contributed by atoms with Crippen molar-refractivity contribution in [3.05, 3.63) is 106 Å². The summed E-state index contributed by atoms with van der Waals surface area (Å²) < 4.78 is 0. The standard InChI is InChI=1S/C32H36N2O/c1-19-16-20(2)29(21(3)17-19)30-26-9-7-8-25(26)27-18-24(14-15-28(27)34-30)33-31(35)22-10-12-23(13-11-22)32(4,5)6/h7-8,10-18,25-26,30,34H,9H2,1-6H3,(H,33,35). The Hall–Kier alpha value is -3.33. The number of anilines is 2. The average molecular weight is 465 g/mol. The summed E-state index contributed by atoms with van der Waals surface area (Å²) in [6, 6.07) is 19.1. The lowest BCUT2D eigenvalue weighted by Crippen LogP contribution is -2.30. The number of carbonyl (C=O) groups is 1. The molecule has 0 aromatic heterocycles. The van der Waals surface area contributed by atoms with Gasteiger partial charge in [0.25, 0.3) is 5.91 Å². The highest BCUT2D eigenvalue weighted by Gasteiger charge is 2.39. The maximum absolute atomic E-state index is 13.0. The third-order valence-corrected chi connectivity index (χ3v) is 7.68. The maximum Gasteiger partial charge on any atom is 0.255 e. The van der Waals surface area contributed by atoms with E-state index in [1.165, 1.54) is 33.4 Å². The van der Waals surface area contributed by atoms with E-state index < -0.39 is 0 Å². The normalized spacial score (nSPS) is 20.7. The number of aryl methyl sites for hydroxylation is 3. The van der Waals surface area contributed by atoms with Gasteiger partial charge in [-0.3, -0.25) is 4.79 Å². The van der Waals surface area contributed by atoms with Crippen molar-refractivity contribution in [3.63, 3.8) is 0 Å². The van der Waals surface area contributed by atoms with Crippen LogP contribution in [0.2, 0.25) is 0 Å². The molecule has 3 atom stereocenters.